The standard InChI is InChI=1S/C17H21NO4S/c1-18(14-15-6-4-3-5-7-15)23(19,20)17-10-8-16(9-11-17)22-13-12-21-2/h3-11H,12-14H2,1-2H3. The summed E-state index contributed by atoms with van der Waals surface area (Å²) >= 11 is 0. The minimum atomic E-state index is -3.53. The number of methoxy groups -OCH3 is 1. The summed E-state index contributed by atoms with van der Waals surface area (Å²) in [6.07, 6.45) is 0. The van der Waals surface area contributed by atoms with Crippen LogP contribution in [0.2, 0.25) is 0 Å². The molecule has 0 unspecified atom stereocenters. The van der Waals surface area contributed by atoms with E-state index in [-0.39, 0.29) is 4.90 Å². The Morgan fingerprint density at radius 1 is 0.957 bits per heavy atom. The van der Waals surface area contributed by atoms with Crippen molar-refractivity contribution < 1.29 is 17.9 Å². The van der Waals surface area contributed by atoms with E-state index in [0.29, 0.717) is 25.5 Å². The molecule has 0 saturated heterocycles. The largest absolute Gasteiger partial charge is 0.491 e. The van der Waals surface area contributed by atoms with Crippen molar-refractivity contribution in [3.05, 3.63) is 60.2 Å². The summed E-state index contributed by atoms with van der Waals surface area (Å²) in [7, 11) is -0.352. The molecule has 0 radical (unpaired) electrons. The SMILES string of the molecule is COCCOc1ccc(S(=O)(=O)N(C)Cc2ccccc2)cc1. The highest BCUT2D eigenvalue weighted by atomic mass is 32.2. The van der Waals surface area contributed by atoms with E-state index in [9.17, 15) is 8.42 Å². The normalized spacial score (nSPS) is 11.6. The first-order chi connectivity index (χ1) is 11.0. The van der Waals surface area contributed by atoms with Crippen LogP contribution >= 0.6 is 0 Å². The Balaban J connectivity index is 2.06. The van der Waals surface area contributed by atoms with E-state index in [1.54, 1.807) is 38.4 Å². The average molecular weight is 335 g/mol. The first-order valence-corrected chi connectivity index (χ1v) is 8.70. The van der Waals surface area contributed by atoms with Crippen molar-refractivity contribution in [1.29, 1.82) is 0 Å². The van der Waals surface area contributed by atoms with E-state index < -0.39 is 10.0 Å². The lowest BCUT2D eigenvalue weighted by Gasteiger charge is -2.17. The maximum Gasteiger partial charge on any atom is 0.243 e. The molecule has 0 bridgehead atoms. The van der Waals surface area contributed by atoms with Crippen LogP contribution in [0.4, 0.5) is 0 Å². The molecule has 2 aromatic rings. The molecule has 0 heterocycles. The average Bonchev–Trinajstić information content (AvgIpc) is 2.56. The fourth-order valence-electron chi connectivity index (χ4n) is 2.06. The number of hydrogen-bond acceptors (Lipinski definition) is 4. The maximum atomic E-state index is 12.6. The van der Waals surface area contributed by atoms with Gasteiger partial charge in [0, 0.05) is 20.7 Å². The lowest BCUT2D eigenvalue weighted by Crippen LogP contribution is -2.26. The molecule has 2 aromatic carbocycles. The van der Waals surface area contributed by atoms with Crippen LogP contribution < -0.4 is 4.74 Å². The Hall–Kier alpha value is -1.89. The van der Waals surface area contributed by atoms with Gasteiger partial charge in [0.25, 0.3) is 0 Å². The highest BCUT2D eigenvalue weighted by molar-refractivity contribution is 7.89. The third-order valence-corrected chi connectivity index (χ3v) is 5.15. The second-order valence-corrected chi connectivity index (χ2v) is 7.10. The van der Waals surface area contributed by atoms with Gasteiger partial charge in [-0.2, -0.15) is 4.31 Å². The number of rotatable bonds is 8. The highest BCUT2D eigenvalue weighted by Crippen LogP contribution is 2.20. The van der Waals surface area contributed by atoms with Crippen LogP contribution in [0.5, 0.6) is 5.75 Å². The van der Waals surface area contributed by atoms with Crippen LogP contribution in [0.25, 0.3) is 0 Å². The van der Waals surface area contributed by atoms with Gasteiger partial charge < -0.3 is 9.47 Å². The van der Waals surface area contributed by atoms with Crippen molar-refractivity contribution in [1.82, 2.24) is 4.31 Å². The Bertz CT molecular complexity index is 699. The van der Waals surface area contributed by atoms with Gasteiger partial charge in [-0.3, -0.25) is 0 Å². The van der Waals surface area contributed by atoms with Gasteiger partial charge in [0.05, 0.1) is 11.5 Å². The molecule has 124 valence electrons. The summed E-state index contributed by atoms with van der Waals surface area (Å²) in [4.78, 5) is 0.245. The number of nitrogens with zero attached hydrogens (tertiary/aromatic N) is 1. The summed E-state index contributed by atoms with van der Waals surface area (Å²) in [5.74, 6) is 0.617. The van der Waals surface area contributed by atoms with Crippen LogP contribution in [-0.2, 0) is 21.3 Å². The zero-order valence-corrected chi connectivity index (χ0v) is 14.1. The molecule has 0 spiro atoms. The van der Waals surface area contributed by atoms with E-state index in [1.165, 1.54) is 4.31 Å². The molecule has 0 aliphatic heterocycles. The van der Waals surface area contributed by atoms with Gasteiger partial charge in [-0.25, -0.2) is 8.42 Å². The van der Waals surface area contributed by atoms with Crippen LogP contribution in [0.15, 0.2) is 59.5 Å². The summed E-state index contributed by atoms with van der Waals surface area (Å²) in [5, 5.41) is 0. The molecule has 0 N–H and O–H groups in total. The van der Waals surface area contributed by atoms with Crippen molar-refractivity contribution in [3.8, 4) is 5.75 Å². The van der Waals surface area contributed by atoms with E-state index >= 15 is 0 Å². The Labute approximate surface area is 137 Å². The molecule has 6 heteroatoms. The molecule has 0 aromatic heterocycles. The monoisotopic (exact) mass is 335 g/mol. The third kappa shape index (κ3) is 4.79. The van der Waals surface area contributed by atoms with Crippen LogP contribution in [-0.4, -0.2) is 40.1 Å². The second kappa shape index (κ2) is 8.10. The molecule has 0 saturated carbocycles. The van der Waals surface area contributed by atoms with Crippen LogP contribution in [0, 0.1) is 0 Å². The predicted molar refractivity (Wildman–Crippen MR) is 88.9 cm³/mol. The van der Waals surface area contributed by atoms with Gasteiger partial charge in [-0.1, -0.05) is 30.3 Å². The Morgan fingerprint density at radius 2 is 1.61 bits per heavy atom. The van der Waals surface area contributed by atoms with E-state index in [4.69, 9.17) is 9.47 Å². The first-order valence-electron chi connectivity index (χ1n) is 7.26. The summed E-state index contributed by atoms with van der Waals surface area (Å²) < 4.78 is 36.8. The van der Waals surface area contributed by atoms with E-state index in [2.05, 4.69) is 0 Å². The van der Waals surface area contributed by atoms with Gasteiger partial charge in [-0.15, -0.1) is 0 Å². The van der Waals surface area contributed by atoms with E-state index in [1.807, 2.05) is 30.3 Å². The molecule has 0 aliphatic carbocycles. The molecular weight excluding hydrogens is 314 g/mol. The number of benzene rings is 2. The zero-order valence-electron chi connectivity index (χ0n) is 13.3. The minimum absolute atomic E-state index is 0.245. The van der Waals surface area contributed by atoms with Gasteiger partial charge >= 0.3 is 0 Å². The lowest BCUT2D eigenvalue weighted by molar-refractivity contribution is 0.146. The Morgan fingerprint density at radius 3 is 2.22 bits per heavy atom. The fraction of sp³-hybridized carbons (Fsp3) is 0.294. The molecule has 23 heavy (non-hydrogen) atoms. The van der Waals surface area contributed by atoms with Gasteiger partial charge in [-0.05, 0) is 29.8 Å². The van der Waals surface area contributed by atoms with Crippen molar-refractivity contribution in [2.45, 2.75) is 11.4 Å². The molecule has 0 fully saturated rings. The Kier molecular flexibility index (Phi) is 6.15. The first kappa shape index (κ1) is 17.5. The molecule has 5 nitrogen and oxygen atoms in total. The minimum Gasteiger partial charge on any atom is -0.491 e. The predicted octanol–water partition coefficient (Wildman–Crippen LogP) is 2.53. The van der Waals surface area contributed by atoms with Crippen molar-refractivity contribution >= 4 is 10.0 Å². The fourth-order valence-corrected chi connectivity index (χ4v) is 3.22. The van der Waals surface area contributed by atoms with E-state index in [0.717, 1.165) is 5.56 Å². The topological polar surface area (TPSA) is 55.8 Å². The summed E-state index contributed by atoms with van der Waals surface area (Å²) in [5.41, 5.74) is 0.943. The third-order valence-electron chi connectivity index (χ3n) is 3.34. The van der Waals surface area contributed by atoms with Gasteiger partial charge in [0.2, 0.25) is 10.0 Å². The zero-order chi connectivity index (χ0) is 16.7. The molecule has 0 aliphatic rings. The molecule has 2 rings (SSSR count). The molecule has 0 atom stereocenters. The summed E-state index contributed by atoms with van der Waals surface area (Å²) in [6, 6.07) is 15.9. The summed E-state index contributed by atoms with van der Waals surface area (Å²) in [6.45, 7) is 1.24. The van der Waals surface area contributed by atoms with Gasteiger partial charge in [0.15, 0.2) is 0 Å². The number of ether oxygens (including phenoxy) is 2. The maximum absolute atomic E-state index is 12.6. The smallest absolute Gasteiger partial charge is 0.243 e. The van der Waals surface area contributed by atoms with Crippen molar-refractivity contribution in [2.75, 3.05) is 27.4 Å². The molecular formula is C17H21NO4S. The quantitative estimate of drug-likeness (QED) is 0.696. The van der Waals surface area contributed by atoms with Crippen LogP contribution in [0.3, 0.4) is 0 Å². The van der Waals surface area contributed by atoms with Crippen LogP contribution in [0.1, 0.15) is 5.56 Å². The second-order valence-electron chi connectivity index (χ2n) is 5.06. The van der Waals surface area contributed by atoms with Gasteiger partial charge in [0.1, 0.15) is 12.4 Å². The lowest BCUT2D eigenvalue weighted by atomic mass is 10.2. The molecule has 0 amide bonds. The van der Waals surface area contributed by atoms with Crippen molar-refractivity contribution in [3.63, 3.8) is 0 Å². The number of hydrogen-bond donors (Lipinski definition) is 0. The number of sulfonamides is 1. The highest BCUT2D eigenvalue weighted by Gasteiger charge is 2.20. The van der Waals surface area contributed by atoms with Crippen molar-refractivity contribution in [2.24, 2.45) is 0 Å².